The van der Waals surface area contributed by atoms with Crippen molar-refractivity contribution in [1.29, 1.82) is 0 Å². The molecule has 0 N–H and O–H groups in total. The van der Waals surface area contributed by atoms with Crippen molar-refractivity contribution in [1.82, 2.24) is 4.98 Å². The zero-order chi connectivity index (χ0) is 9.14. The topological polar surface area (TPSA) is 12.9 Å². The Morgan fingerprint density at radius 2 is 2.08 bits per heavy atom. The zero-order valence-electron chi connectivity index (χ0n) is 7.71. The van der Waals surface area contributed by atoms with Gasteiger partial charge in [-0.3, -0.25) is 4.98 Å². The Labute approximate surface area is 82.3 Å². The van der Waals surface area contributed by atoms with Crippen molar-refractivity contribution >= 4 is 15.9 Å². The lowest BCUT2D eigenvalue weighted by Crippen LogP contribution is -2.06. The largest absolute Gasteiger partial charge is 0.261 e. The summed E-state index contributed by atoms with van der Waals surface area (Å²) in [7, 11) is 0. The van der Waals surface area contributed by atoms with Crippen LogP contribution in [-0.2, 0) is 0 Å². The van der Waals surface area contributed by atoms with Gasteiger partial charge in [0.15, 0.2) is 0 Å². The van der Waals surface area contributed by atoms with Gasteiger partial charge in [-0.1, -0.05) is 29.8 Å². The van der Waals surface area contributed by atoms with Crippen LogP contribution in [0, 0.1) is 6.92 Å². The average molecular weight is 228 g/mol. The smallest absolute Gasteiger partial charge is 0.0445 e. The Kier molecular flexibility index (Phi) is 3.27. The van der Waals surface area contributed by atoms with E-state index in [0.29, 0.717) is 10.7 Å². The summed E-state index contributed by atoms with van der Waals surface area (Å²) in [6.45, 7) is 6.42. The number of hydrogen-bond donors (Lipinski definition) is 0. The molecule has 0 spiro atoms. The minimum Gasteiger partial charge on any atom is -0.261 e. The van der Waals surface area contributed by atoms with Crippen LogP contribution in [0.25, 0.3) is 0 Å². The van der Waals surface area contributed by atoms with E-state index in [1.807, 2.05) is 12.3 Å². The molecule has 2 heteroatoms. The number of hydrogen-bond acceptors (Lipinski definition) is 1. The van der Waals surface area contributed by atoms with Gasteiger partial charge in [-0.2, -0.15) is 0 Å². The Morgan fingerprint density at radius 1 is 1.42 bits per heavy atom. The first kappa shape index (κ1) is 9.72. The Balaban J connectivity index is 2.88. The minimum atomic E-state index is 0.477. The maximum atomic E-state index is 4.33. The second-order valence-electron chi connectivity index (χ2n) is 3.22. The third kappa shape index (κ3) is 2.31. The van der Waals surface area contributed by atoms with Crippen molar-refractivity contribution in [2.75, 3.05) is 0 Å². The van der Waals surface area contributed by atoms with Crippen molar-refractivity contribution in [3.8, 4) is 0 Å². The molecule has 0 aromatic carbocycles. The maximum absolute atomic E-state index is 4.33. The summed E-state index contributed by atoms with van der Waals surface area (Å²) < 4.78 is 0. The lowest BCUT2D eigenvalue weighted by Gasteiger charge is -2.13. The van der Waals surface area contributed by atoms with E-state index < -0.39 is 0 Å². The molecule has 0 aliphatic heterocycles. The number of halogens is 1. The number of aryl methyl sites for hydroxylation is 1. The molecule has 1 heterocycles. The molecule has 0 saturated carbocycles. The van der Waals surface area contributed by atoms with Crippen LogP contribution in [0.5, 0.6) is 0 Å². The third-order valence-corrected chi connectivity index (χ3v) is 2.89. The molecule has 2 atom stereocenters. The predicted octanol–water partition coefficient (Wildman–Crippen LogP) is 3.28. The highest BCUT2D eigenvalue weighted by atomic mass is 79.9. The lowest BCUT2D eigenvalue weighted by atomic mass is 10.0. The lowest BCUT2D eigenvalue weighted by molar-refractivity contribution is 0.732. The standard InChI is InChI=1S/C10H14BrN/c1-7-4-5-12-10(6-7)8(2)9(3)11/h4-6,8-9H,1-3H3. The normalized spacial score (nSPS) is 15.7. The van der Waals surface area contributed by atoms with Crippen LogP contribution < -0.4 is 0 Å². The van der Waals surface area contributed by atoms with Gasteiger partial charge in [-0.25, -0.2) is 0 Å². The molecule has 2 unspecified atom stereocenters. The molecule has 0 radical (unpaired) electrons. The van der Waals surface area contributed by atoms with E-state index in [-0.39, 0.29) is 0 Å². The van der Waals surface area contributed by atoms with E-state index >= 15 is 0 Å². The van der Waals surface area contributed by atoms with E-state index in [4.69, 9.17) is 0 Å². The Bertz CT molecular complexity index is 258. The molecule has 0 aliphatic carbocycles. The molecule has 66 valence electrons. The second-order valence-corrected chi connectivity index (χ2v) is 4.67. The van der Waals surface area contributed by atoms with Crippen LogP contribution in [-0.4, -0.2) is 9.81 Å². The highest BCUT2D eigenvalue weighted by Crippen LogP contribution is 2.22. The van der Waals surface area contributed by atoms with Crippen LogP contribution >= 0.6 is 15.9 Å². The molecule has 0 aliphatic rings. The van der Waals surface area contributed by atoms with Gasteiger partial charge in [0.25, 0.3) is 0 Å². The van der Waals surface area contributed by atoms with Crippen molar-refractivity contribution in [3.05, 3.63) is 29.6 Å². The van der Waals surface area contributed by atoms with E-state index in [9.17, 15) is 0 Å². The number of pyridine rings is 1. The van der Waals surface area contributed by atoms with Gasteiger partial charge in [0.05, 0.1) is 0 Å². The summed E-state index contributed by atoms with van der Waals surface area (Å²) in [4.78, 5) is 4.81. The molecular weight excluding hydrogens is 214 g/mol. The number of nitrogens with zero attached hydrogens (tertiary/aromatic N) is 1. The molecular formula is C10H14BrN. The zero-order valence-corrected chi connectivity index (χ0v) is 9.30. The van der Waals surface area contributed by atoms with Gasteiger partial charge >= 0.3 is 0 Å². The summed E-state index contributed by atoms with van der Waals surface area (Å²) in [5.41, 5.74) is 2.44. The number of alkyl halides is 1. The summed E-state index contributed by atoms with van der Waals surface area (Å²) >= 11 is 3.56. The average Bonchev–Trinajstić information content (AvgIpc) is 2.03. The van der Waals surface area contributed by atoms with Gasteiger partial charge in [0.2, 0.25) is 0 Å². The maximum Gasteiger partial charge on any atom is 0.0445 e. The second kappa shape index (κ2) is 4.04. The Morgan fingerprint density at radius 3 is 2.58 bits per heavy atom. The van der Waals surface area contributed by atoms with Gasteiger partial charge in [-0.05, 0) is 24.6 Å². The molecule has 0 bridgehead atoms. The van der Waals surface area contributed by atoms with E-state index in [2.05, 4.69) is 47.8 Å². The summed E-state index contributed by atoms with van der Waals surface area (Å²) in [5, 5.41) is 0. The first-order chi connectivity index (χ1) is 5.61. The molecule has 0 saturated heterocycles. The quantitative estimate of drug-likeness (QED) is 0.708. The minimum absolute atomic E-state index is 0.477. The highest BCUT2D eigenvalue weighted by Gasteiger charge is 2.11. The molecule has 1 rings (SSSR count). The van der Waals surface area contributed by atoms with Crippen LogP contribution in [0.3, 0.4) is 0 Å². The molecule has 1 nitrogen and oxygen atoms in total. The van der Waals surface area contributed by atoms with Gasteiger partial charge in [-0.15, -0.1) is 0 Å². The number of rotatable bonds is 2. The fraction of sp³-hybridized carbons (Fsp3) is 0.500. The van der Waals surface area contributed by atoms with Crippen molar-refractivity contribution in [3.63, 3.8) is 0 Å². The fourth-order valence-electron chi connectivity index (χ4n) is 1.04. The predicted molar refractivity (Wildman–Crippen MR) is 55.8 cm³/mol. The van der Waals surface area contributed by atoms with Crippen molar-refractivity contribution < 1.29 is 0 Å². The van der Waals surface area contributed by atoms with Gasteiger partial charge in [0.1, 0.15) is 0 Å². The fourth-order valence-corrected chi connectivity index (χ4v) is 1.31. The molecule has 0 fully saturated rings. The van der Waals surface area contributed by atoms with Gasteiger partial charge < -0.3 is 0 Å². The summed E-state index contributed by atoms with van der Waals surface area (Å²) in [6, 6.07) is 4.16. The first-order valence-electron chi connectivity index (χ1n) is 4.18. The highest BCUT2D eigenvalue weighted by molar-refractivity contribution is 9.09. The first-order valence-corrected chi connectivity index (χ1v) is 5.09. The molecule has 1 aromatic rings. The summed E-state index contributed by atoms with van der Waals surface area (Å²) in [5.74, 6) is 0.477. The molecule has 12 heavy (non-hydrogen) atoms. The molecule has 1 aromatic heterocycles. The van der Waals surface area contributed by atoms with Gasteiger partial charge in [0, 0.05) is 22.6 Å². The van der Waals surface area contributed by atoms with E-state index in [1.165, 1.54) is 11.3 Å². The van der Waals surface area contributed by atoms with Crippen LogP contribution in [0.1, 0.15) is 31.0 Å². The van der Waals surface area contributed by atoms with E-state index in [1.54, 1.807) is 0 Å². The van der Waals surface area contributed by atoms with Crippen LogP contribution in [0.2, 0.25) is 0 Å². The van der Waals surface area contributed by atoms with E-state index in [0.717, 1.165) is 0 Å². The van der Waals surface area contributed by atoms with Crippen molar-refractivity contribution in [2.45, 2.75) is 31.5 Å². The summed E-state index contributed by atoms with van der Waals surface area (Å²) in [6.07, 6.45) is 1.87. The Hall–Kier alpha value is -0.370. The van der Waals surface area contributed by atoms with Crippen LogP contribution in [0.15, 0.2) is 18.3 Å². The monoisotopic (exact) mass is 227 g/mol. The van der Waals surface area contributed by atoms with Crippen LogP contribution in [0.4, 0.5) is 0 Å². The number of aromatic nitrogens is 1. The van der Waals surface area contributed by atoms with Crippen molar-refractivity contribution in [2.24, 2.45) is 0 Å². The third-order valence-electron chi connectivity index (χ3n) is 2.09. The molecule has 0 amide bonds. The SMILES string of the molecule is Cc1ccnc(C(C)C(C)Br)c1.